The molecular weight excluding hydrogens is 354 g/mol. The zero-order valence-corrected chi connectivity index (χ0v) is 17.6. The molecule has 0 fully saturated rings. The Morgan fingerprint density at radius 3 is 2.08 bits per heavy atom. The second-order valence-corrected chi connectivity index (χ2v) is 8.34. The fourth-order valence-corrected chi connectivity index (χ4v) is 2.57. The molecule has 3 nitrogen and oxygen atoms in total. The number of amides is 1. The monoisotopic (exact) mass is 383 g/mol. The molecule has 0 saturated carbocycles. The maximum Gasteiger partial charge on any atom is 0.240 e. The highest BCUT2D eigenvalue weighted by molar-refractivity contribution is 8.01. The van der Waals surface area contributed by atoms with Gasteiger partial charge in [0.1, 0.15) is 0 Å². The Balaban J connectivity index is 0.00000129. The molecule has 25 heavy (non-hydrogen) atoms. The van der Waals surface area contributed by atoms with E-state index in [0.29, 0.717) is 16.3 Å². The number of aliphatic hydroxyl groups excluding tert-OH is 1. The maximum atomic E-state index is 12.4. The van der Waals surface area contributed by atoms with Gasteiger partial charge in [-0.1, -0.05) is 44.9 Å². The van der Waals surface area contributed by atoms with E-state index in [1.165, 1.54) is 24.6 Å². The summed E-state index contributed by atoms with van der Waals surface area (Å²) in [6, 6.07) is 7.33. The van der Waals surface area contributed by atoms with E-state index >= 15 is 0 Å². The predicted octanol–water partition coefficient (Wildman–Crippen LogP) is 6.50. The number of hydrogen-bond acceptors (Lipinski definition) is 3. The van der Waals surface area contributed by atoms with Gasteiger partial charge in [0.2, 0.25) is 5.91 Å². The van der Waals surface area contributed by atoms with Gasteiger partial charge in [-0.15, -0.1) is 11.8 Å². The Labute approximate surface area is 161 Å². The van der Waals surface area contributed by atoms with Crippen molar-refractivity contribution in [3.05, 3.63) is 52.9 Å². The summed E-state index contributed by atoms with van der Waals surface area (Å²) in [5.74, 6) is -0.0310. The smallest absolute Gasteiger partial charge is 0.240 e. The van der Waals surface area contributed by atoms with Gasteiger partial charge in [-0.05, 0) is 52.0 Å². The third kappa shape index (κ3) is 9.03. The van der Waals surface area contributed by atoms with Crippen LogP contribution in [0.15, 0.2) is 52.8 Å². The van der Waals surface area contributed by atoms with Gasteiger partial charge in [-0.25, -0.2) is 0 Å². The number of aliphatic hydroxyl groups is 1. The zero-order chi connectivity index (χ0) is 19.6. The average molecular weight is 384 g/mol. The first kappa shape index (κ1) is 23.6. The number of unbranched alkanes of at least 4 members (excludes halogenated alkanes) is 1. The van der Waals surface area contributed by atoms with Crippen molar-refractivity contribution >= 4 is 29.3 Å². The van der Waals surface area contributed by atoms with Crippen molar-refractivity contribution in [2.24, 2.45) is 0 Å². The molecule has 0 radical (unpaired) electrons. The molecule has 5 heteroatoms. The SMILES string of the molecule is C=C(NC(=O)C(C)(C)Sc1ccc(Cl)cc1)/C(C)=C(/C)O.CCCC. The number of halogens is 1. The Morgan fingerprint density at radius 2 is 1.68 bits per heavy atom. The lowest BCUT2D eigenvalue weighted by Gasteiger charge is -2.24. The van der Waals surface area contributed by atoms with Crippen molar-refractivity contribution < 1.29 is 9.90 Å². The molecule has 0 saturated heterocycles. The van der Waals surface area contributed by atoms with Crippen LogP contribution in [-0.2, 0) is 4.79 Å². The Hall–Kier alpha value is -1.39. The molecule has 0 spiro atoms. The fourth-order valence-electron chi connectivity index (χ4n) is 1.44. The van der Waals surface area contributed by atoms with Crippen LogP contribution in [0.25, 0.3) is 0 Å². The van der Waals surface area contributed by atoms with Gasteiger partial charge < -0.3 is 10.4 Å². The van der Waals surface area contributed by atoms with Crippen LogP contribution < -0.4 is 5.32 Å². The third-order valence-corrected chi connectivity index (χ3v) is 4.95. The van der Waals surface area contributed by atoms with E-state index in [1.807, 2.05) is 26.0 Å². The first-order valence-electron chi connectivity index (χ1n) is 8.36. The molecular formula is C20H30ClNO2S. The Kier molecular flexibility index (Phi) is 10.6. The summed E-state index contributed by atoms with van der Waals surface area (Å²) < 4.78 is -0.680. The topological polar surface area (TPSA) is 49.3 Å². The van der Waals surface area contributed by atoms with Crippen molar-refractivity contribution in [1.29, 1.82) is 0 Å². The van der Waals surface area contributed by atoms with Gasteiger partial charge in [0.25, 0.3) is 0 Å². The summed E-state index contributed by atoms with van der Waals surface area (Å²) in [5.41, 5.74) is 0.973. The highest BCUT2D eigenvalue weighted by atomic mass is 35.5. The van der Waals surface area contributed by atoms with Crippen LogP contribution in [0, 0.1) is 0 Å². The van der Waals surface area contributed by atoms with E-state index in [9.17, 15) is 9.90 Å². The van der Waals surface area contributed by atoms with E-state index < -0.39 is 4.75 Å². The molecule has 2 N–H and O–H groups in total. The molecule has 1 aromatic rings. The minimum absolute atomic E-state index is 0.142. The van der Waals surface area contributed by atoms with Crippen LogP contribution in [0.4, 0.5) is 0 Å². The van der Waals surface area contributed by atoms with Crippen molar-refractivity contribution in [2.45, 2.75) is 64.0 Å². The molecule has 0 aliphatic carbocycles. The van der Waals surface area contributed by atoms with E-state index in [2.05, 4.69) is 25.7 Å². The Morgan fingerprint density at radius 1 is 1.20 bits per heavy atom. The number of carbonyl (C=O) groups is 1. The van der Waals surface area contributed by atoms with Gasteiger partial charge >= 0.3 is 0 Å². The fraction of sp³-hybridized carbons (Fsp3) is 0.450. The molecule has 0 aromatic heterocycles. The molecule has 140 valence electrons. The number of nitrogens with one attached hydrogen (secondary N) is 1. The average Bonchev–Trinajstić information content (AvgIpc) is 2.56. The quantitative estimate of drug-likeness (QED) is 0.335. The molecule has 0 heterocycles. The molecule has 0 atom stereocenters. The van der Waals surface area contributed by atoms with Crippen LogP contribution >= 0.6 is 23.4 Å². The molecule has 0 aliphatic rings. The third-order valence-electron chi connectivity index (χ3n) is 3.49. The molecule has 0 bridgehead atoms. The first-order chi connectivity index (χ1) is 11.5. The van der Waals surface area contributed by atoms with E-state index in [-0.39, 0.29) is 11.7 Å². The highest BCUT2D eigenvalue weighted by Crippen LogP contribution is 2.33. The van der Waals surface area contributed by atoms with E-state index in [4.69, 9.17) is 11.6 Å². The molecule has 1 rings (SSSR count). The molecule has 1 amide bonds. The number of rotatable bonds is 6. The summed E-state index contributed by atoms with van der Waals surface area (Å²) in [7, 11) is 0. The number of thioether (sulfide) groups is 1. The summed E-state index contributed by atoms with van der Waals surface area (Å²) in [5, 5.41) is 12.8. The van der Waals surface area contributed by atoms with Crippen LogP contribution in [0.5, 0.6) is 0 Å². The van der Waals surface area contributed by atoms with E-state index in [1.54, 1.807) is 26.0 Å². The lowest BCUT2D eigenvalue weighted by molar-refractivity contribution is -0.121. The van der Waals surface area contributed by atoms with Crippen LogP contribution in [0.3, 0.4) is 0 Å². The largest absolute Gasteiger partial charge is 0.512 e. The molecule has 0 aliphatic heterocycles. The van der Waals surface area contributed by atoms with Crippen molar-refractivity contribution in [3.63, 3.8) is 0 Å². The molecule has 1 aromatic carbocycles. The van der Waals surface area contributed by atoms with Crippen molar-refractivity contribution in [2.75, 3.05) is 0 Å². The molecule has 0 unspecified atom stereocenters. The van der Waals surface area contributed by atoms with Crippen LogP contribution in [-0.4, -0.2) is 15.8 Å². The van der Waals surface area contributed by atoms with Gasteiger partial charge in [0, 0.05) is 21.2 Å². The van der Waals surface area contributed by atoms with Crippen LogP contribution in [0.1, 0.15) is 54.4 Å². The summed E-state index contributed by atoms with van der Waals surface area (Å²) in [6.07, 6.45) is 2.64. The van der Waals surface area contributed by atoms with Crippen molar-refractivity contribution in [1.82, 2.24) is 5.32 Å². The minimum atomic E-state index is -0.680. The summed E-state index contributed by atoms with van der Waals surface area (Å²) in [4.78, 5) is 13.3. The predicted molar refractivity (Wildman–Crippen MR) is 110 cm³/mol. The van der Waals surface area contributed by atoms with Gasteiger partial charge in [0.15, 0.2) is 0 Å². The standard InChI is InChI=1S/C16H20ClNO2S.C4H10/c1-10(12(3)19)11(2)18-15(20)16(4,5)21-14-8-6-13(17)7-9-14;1-3-4-2/h6-9,19H,2H2,1,3-5H3,(H,18,20);3-4H2,1-2H3/b12-10-;. The Bertz CT molecular complexity index is 601. The number of carbonyl (C=O) groups excluding carboxylic acids is 1. The number of allylic oxidation sites excluding steroid dienone is 2. The number of benzene rings is 1. The van der Waals surface area contributed by atoms with Crippen LogP contribution in [0.2, 0.25) is 5.02 Å². The lowest BCUT2D eigenvalue weighted by atomic mass is 10.1. The second-order valence-electron chi connectivity index (χ2n) is 6.21. The van der Waals surface area contributed by atoms with Crippen molar-refractivity contribution in [3.8, 4) is 0 Å². The lowest BCUT2D eigenvalue weighted by Crippen LogP contribution is -2.39. The minimum Gasteiger partial charge on any atom is -0.512 e. The van der Waals surface area contributed by atoms with Gasteiger partial charge in [-0.3, -0.25) is 4.79 Å². The van der Waals surface area contributed by atoms with Gasteiger partial charge in [0.05, 0.1) is 10.5 Å². The normalized spacial score (nSPS) is 11.8. The second kappa shape index (κ2) is 11.3. The summed E-state index contributed by atoms with van der Waals surface area (Å²) in [6.45, 7) is 15.1. The highest BCUT2D eigenvalue weighted by Gasteiger charge is 2.29. The first-order valence-corrected chi connectivity index (χ1v) is 9.56. The zero-order valence-electron chi connectivity index (χ0n) is 16.1. The van der Waals surface area contributed by atoms with E-state index in [0.717, 1.165) is 4.90 Å². The maximum absolute atomic E-state index is 12.4. The summed E-state index contributed by atoms with van der Waals surface area (Å²) >= 11 is 7.28. The van der Waals surface area contributed by atoms with Gasteiger partial charge in [-0.2, -0.15) is 0 Å². The number of hydrogen-bond donors (Lipinski definition) is 2.